The average Bonchev–Trinajstić information content (AvgIpc) is 3.13. The van der Waals surface area contributed by atoms with Crippen LogP contribution in [0.5, 0.6) is 5.75 Å². The number of carbonyl (C=O) groups is 1. The zero-order valence-electron chi connectivity index (χ0n) is 16.0. The average molecular weight is 379 g/mol. The van der Waals surface area contributed by atoms with Crippen molar-refractivity contribution in [3.05, 3.63) is 81.5 Å². The maximum absolute atomic E-state index is 11.6. The molecule has 3 rings (SSSR count). The number of ether oxygens (including phenoxy) is 1. The van der Waals surface area contributed by atoms with Crippen molar-refractivity contribution in [2.75, 3.05) is 7.11 Å². The van der Waals surface area contributed by atoms with Crippen molar-refractivity contribution in [2.45, 2.75) is 26.3 Å². The predicted molar refractivity (Wildman–Crippen MR) is 106 cm³/mol. The van der Waals surface area contributed by atoms with Crippen LogP contribution in [0.4, 0.5) is 5.69 Å². The number of hydrogen-bond donors (Lipinski definition) is 0. The first kappa shape index (κ1) is 19.3. The van der Waals surface area contributed by atoms with Crippen LogP contribution in [-0.2, 0) is 4.79 Å². The third kappa shape index (κ3) is 4.09. The first-order chi connectivity index (χ1) is 13.4. The molecule has 0 fully saturated rings. The third-order valence-corrected chi connectivity index (χ3v) is 4.57. The van der Waals surface area contributed by atoms with Gasteiger partial charge in [0.25, 0.3) is 5.69 Å². The number of benzene rings is 2. The van der Waals surface area contributed by atoms with E-state index in [0.29, 0.717) is 12.1 Å². The molecule has 0 spiro atoms. The summed E-state index contributed by atoms with van der Waals surface area (Å²) in [6.07, 6.45) is 2.08. The number of ketones is 1. The molecule has 2 aromatic carbocycles. The van der Waals surface area contributed by atoms with E-state index in [0.717, 1.165) is 22.6 Å². The molecule has 0 amide bonds. The standard InChI is InChI=1S/C21H21N3O4/c1-14(11-15(2)25)23-21(17-5-4-6-18(12-17)24(26)27)13-20(22-23)16-7-9-19(28-3)10-8-16/h4-12,21H,13H2,1-3H3/b14-11+/t21-/m1/s1. The van der Waals surface area contributed by atoms with Crippen molar-refractivity contribution >= 4 is 17.2 Å². The minimum atomic E-state index is -0.410. The Morgan fingerprint density at radius 3 is 2.57 bits per heavy atom. The maximum Gasteiger partial charge on any atom is 0.269 e. The molecule has 7 nitrogen and oxygen atoms in total. The van der Waals surface area contributed by atoms with Crippen molar-refractivity contribution < 1.29 is 14.5 Å². The number of hydrogen-bond acceptors (Lipinski definition) is 6. The van der Waals surface area contributed by atoms with Gasteiger partial charge in [0, 0.05) is 30.3 Å². The number of hydrazone groups is 1. The van der Waals surface area contributed by atoms with Crippen LogP contribution in [-0.4, -0.2) is 28.5 Å². The van der Waals surface area contributed by atoms with Crippen LogP contribution < -0.4 is 4.74 Å². The van der Waals surface area contributed by atoms with Crippen molar-refractivity contribution in [1.82, 2.24) is 5.01 Å². The molecule has 0 radical (unpaired) electrons. The number of carbonyl (C=O) groups excluding carboxylic acids is 1. The molecule has 1 aliphatic rings. The summed E-state index contributed by atoms with van der Waals surface area (Å²) in [5.41, 5.74) is 3.28. The minimum Gasteiger partial charge on any atom is -0.497 e. The predicted octanol–water partition coefficient (Wildman–Crippen LogP) is 4.25. The van der Waals surface area contributed by atoms with E-state index in [4.69, 9.17) is 9.84 Å². The Labute approximate surface area is 163 Å². The summed E-state index contributed by atoms with van der Waals surface area (Å²) in [4.78, 5) is 22.3. The second-order valence-electron chi connectivity index (χ2n) is 6.59. The summed E-state index contributed by atoms with van der Waals surface area (Å²) in [6, 6.07) is 13.9. The Kier molecular flexibility index (Phi) is 5.54. The second-order valence-corrected chi connectivity index (χ2v) is 6.59. The molecule has 0 saturated carbocycles. The van der Waals surface area contributed by atoms with Crippen molar-refractivity contribution in [2.24, 2.45) is 5.10 Å². The quantitative estimate of drug-likeness (QED) is 0.426. The van der Waals surface area contributed by atoms with E-state index in [1.54, 1.807) is 24.3 Å². The molecule has 0 saturated heterocycles. The largest absolute Gasteiger partial charge is 0.497 e. The SMILES string of the molecule is COc1ccc(C2=NN(/C(C)=C/C(C)=O)[C@@H](c3cccc([N+](=O)[O-])c3)C2)cc1. The van der Waals surface area contributed by atoms with Gasteiger partial charge in [0.2, 0.25) is 0 Å². The lowest BCUT2D eigenvalue weighted by Crippen LogP contribution is -2.18. The molecule has 2 aromatic rings. The highest BCUT2D eigenvalue weighted by molar-refractivity contribution is 6.02. The molecule has 0 N–H and O–H groups in total. The fourth-order valence-corrected chi connectivity index (χ4v) is 3.26. The molecular weight excluding hydrogens is 358 g/mol. The summed E-state index contributed by atoms with van der Waals surface area (Å²) in [7, 11) is 1.61. The highest BCUT2D eigenvalue weighted by atomic mass is 16.6. The highest BCUT2D eigenvalue weighted by Crippen LogP contribution is 2.36. The van der Waals surface area contributed by atoms with Gasteiger partial charge < -0.3 is 4.74 Å². The van der Waals surface area contributed by atoms with E-state index in [9.17, 15) is 14.9 Å². The molecule has 144 valence electrons. The van der Waals surface area contributed by atoms with Gasteiger partial charge in [-0.15, -0.1) is 0 Å². The molecule has 1 aliphatic heterocycles. The number of rotatable bonds is 6. The normalized spacial score (nSPS) is 16.7. The van der Waals surface area contributed by atoms with Gasteiger partial charge in [-0.3, -0.25) is 19.9 Å². The number of nitro benzene ring substituents is 1. The molecule has 1 heterocycles. The van der Waals surface area contributed by atoms with Gasteiger partial charge in [0.15, 0.2) is 5.78 Å². The highest BCUT2D eigenvalue weighted by Gasteiger charge is 2.30. The summed E-state index contributed by atoms with van der Waals surface area (Å²) < 4.78 is 5.20. The van der Waals surface area contributed by atoms with Crippen LogP contribution in [0.3, 0.4) is 0 Å². The molecule has 0 aliphatic carbocycles. The Morgan fingerprint density at radius 2 is 1.96 bits per heavy atom. The number of nitro groups is 1. The summed E-state index contributed by atoms with van der Waals surface area (Å²) in [6.45, 7) is 3.29. The molecule has 0 bridgehead atoms. The third-order valence-electron chi connectivity index (χ3n) is 4.57. The van der Waals surface area contributed by atoms with Gasteiger partial charge in [-0.2, -0.15) is 5.10 Å². The van der Waals surface area contributed by atoms with Gasteiger partial charge in [0.1, 0.15) is 5.75 Å². The van der Waals surface area contributed by atoms with E-state index >= 15 is 0 Å². The van der Waals surface area contributed by atoms with E-state index in [-0.39, 0.29) is 17.5 Å². The van der Waals surface area contributed by atoms with Crippen LogP contribution in [0.2, 0.25) is 0 Å². The molecule has 0 aromatic heterocycles. The smallest absolute Gasteiger partial charge is 0.269 e. The van der Waals surface area contributed by atoms with Crippen molar-refractivity contribution in [1.29, 1.82) is 0 Å². The van der Waals surface area contributed by atoms with E-state index < -0.39 is 4.92 Å². The summed E-state index contributed by atoms with van der Waals surface area (Å²) in [5, 5.41) is 17.7. The van der Waals surface area contributed by atoms with Crippen LogP contribution in [0.15, 0.2) is 65.4 Å². The molecule has 0 unspecified atom stereocenters. The zero-order valence-corrected chi connectivity index (χ0v) is 16.0. The van der Waals surface area contributed by atoms with E-state index in [2.05, 4.69) is 0 Å². The Hall–Kier alpha value is -3.48. The van der Waals surface area contributed by atoms with E-state index in [1.165, 1.54) is 19.1 Å². The van der Waals surface area contributed by atoms with Crippen LogP contribution >= 0.6 is 0 Å². The monoisotopic (exact) mass is 379 g/mol. The molecule has 28 heavy (non-hydrogen) atoms. The van der Waals surface area contributed by atoms with Gasteiger partial charge in [-0.25, -0.2) is 0 Å². The summed E-state index contributed by atoms with van der Waals surface area (Å²) in [5.74, 6) is 0.672. The first-order valence-corrected chi connectivity index (χ1v) is 8.83. The van der Waals surface area contributed by atoms with Gasteiger partial charge >= 0.3 is 0 Å². The van der Waals surface area contributed by atoms with Crippen LogP contribution in [0.25, 0.3) is 0 Å². The van der Waals surface area contributed by atoms with E-state index in [1.807, 2.05) is 37.3 Å². The number of nitrogens with zero attached hydrogens (tertiary/aromatic N) is 3. The topological polar surface area (TPSA) is 85.0 Å². The second kappa shape index (κ2) is 8.04. The van der Waals surface area contributed by atoms with Gasteiger partial charge in [-0.05, 0) is 49.2 Å². The fraction of sp³-hybridized carbons (Fsp3) is 0.238. The Bertz CT molecular complexity index is 964. The minimum absolute atomic E-state index is 0.0311. The fourth-order valence-electron chi connectivity index (χ4n) is 3.26. The number of methoxy groups -OCH3 is 1. The Morgan fingerprint density at radius 1 is 1.25 bits per heavy atom. The van der Waals surface area contributed by atoms with Gasteiger partial charge in [-0.1, -0.05) is 12.1 Å². The lowest BCUT2D eigenvalue weighted by Gasteiger charge is -2.24. The van der Waals surface area contributed by atoms with Gasteiger partial charge in [0.05, 0.1) is 23.8 Å². The van der Waals surface area contributed by atoms with Crippen molar-refractivity contribution in [3.8, 4) is 5.75 Å². The molecule has 7 heteroatoms. The first-order valence-electron chi connectivity index (χ1n) is 8.83. The lowest BCUT2D eigenvalue weighted by molar-refractivity contribution is -0.384. The van der Waals surface area contributed by atoms with Crippen LogP contribution in [0.1, 0.15) is 37.4 Å². The summed E-state index contributed by atoms with van der Waals surface area (Å²) >= 11 is 0. The molecule has 1 atom stereocenters. The lowest BCUT2D eigenvalue weighted by atomic mass is 9.97. The zero-order chi connectivity index (χ0) is 20.3. The number of non-ortho nitro benzene ring substituents is 1. The molecular formula is C21H21N3O4. The Balaban J connectivity index is 2.00. The number of allylic oxidation sites excluding steroid dienone is 2. The van der Waals surface area contributed by atoms with Crippen molar-refractivity contribution in [3.63, 3.8) is 0 Å². The van der Waals surface area contributed by atoms with Crippen LogP contribution in [0, 0.1) is 10.1 Å². The maximum atomic E-state index is 11.6.